The largest absolute Gasteiger partial charge is 0.456 e. The predicted molar refractivity (Wildman–Crippen MR) is 215 cm³/mol. The second kappa shape index (κ2) is 11.1. The number of furan rings is 1. The lowest BCUT2D eigenvalue weighted by atomic mass is 9.82. The van der Waals surface area contributed by atoms with Crippen molar-refractivity contribution in [3.8, 4) is 51.0 Å². The summed E-state index contributed by atoms with van der Waals surface area (Å²) in [5, 5.41) is 4.47. The number of aromatic nitrogens is 4. The third-order valence-corrected chi connectivity index (χ3v) is 11.1. The zero-order chi connectivity index (χ0) is 35.3. The summed E-state index contributed by atoms with van der Waals surface area (Å²) in [4.78, 5) is 15.0. The average Bonchev–Trinajstić information content (AvgIpc) is 3.83. The van der Waals surface area contributed by atoms with Crippen LogP contribution in [0.15, 0.2) is 162 Å². The van der Waals surface area contributed by atoms with Gasteiger partial charge in [-0.15, -0.1) is 0 Å². The molecule has 1 aliphatic rings. The van der Waals surface area contributed by atoms with Gasteiger partial charge in [-0.2, -0.15) is 0 Å². The van der Waals surface area contributed by atoms with Crippen LogP contribution in [0.5, 0.6) is 0 Å². The van der Waals surface area contributed by atoms with Crippen LogP contribution >= 0.6 is 0 Å². The van der Waals surface area contributed by atoms with Gasteiger partial charge in [0.1, 0.15) is 11.2 Å². The lowest BCUT2D eigenvalue weighted by molar-refractivity contribution is 0.660. The van der Waals surface area contributed by atoms with E-state index in [1.807, 2.05) is 66.7 Å². The van der Waals surface area contributed by atoms with E-state index in [0.717, 1.165) is 55.3 Å². The number of rotatable bonds is 4. The highest BCUT2D eigenvalue weighted by atomic mass is 16.3. The molecule has 0 bridgehead atoms. The molecule has 0 saturated carbocycles. The Bertz CT molecular complexity index is 3020. The second-order valence-electron chi connectivity index (χ2n) is 14.4. The van der Waals surface area contributed by atoms with Crippen molar-refractivity contribution < 1.29 is 4.42 Å². The predicted octanol–water partition coefficient (Wildman–Crippen LogP) is 12.2. The van der Waals surface area contributed by atoms with Gasteiger partial charge in [-0.05, 0) is 70.8 Å². The fraction of sp³-hybridized carbons (Fsp3) is 0.0625. The Morgan fingerprint density at radius 2 is 1.09 bits per heavy atom. The third kappa shape index (κ3) is 4.40. The fourth-order valence-electron chi connectivity index (χ4n) is 8.49. The fourth-order valence-corrected chi connectivity index (χ4v) is 8.49. The summed E-state index contributed by atoms with van der Waals surface area (Å²) in [5.41, 5.74) is 13.1. The summed E-state index contributed by atoms with van der Waals surface area (Å²) in [6.07, 6.45) is 0. The number of hydrogen-bond acceptors (Lipinski definition) is 4. The highest BCUT2D eigenvalue weighted by molar-refractivity contribution is 6.24. The van der Waals surface area contributed by atoms with Gasteiger partial charge < -0.3 is 8.98 Å². The molecule has 0 atom stereocenters. The topological polar surface area (TPSA) is 56.7 Å². The van der Waals surface area contributed by atoms with Crippen molar-refractivity contribution in [2.45, 2.75) is 19.3 Å². The van der Waals surface area contributed by atoms with Crippen LogP contribution < -0.4 is 0 Å². The number of fused-ring (bicyclic) bond motifs is 10. The first-order valence-corrected chi connectivity index (χ1v) is 18.0. The van der Waals surface area contributed by atoms with Crippen LogP contribution in [0, 0.1) is 0 Å². The van der Waals surface area contributed by atoms with E-state index < -0.39 is 0 Å². The number of nitrogens with zero attached hydrogens (tertiary/aromatic N) is 4. The molecule has 0 spiro atoms. The molecule has 250 valence electrons. The highest BCUT2D eigenvalue weighted by Gasteiger charge is 2.35. The Kier molecular flexibility index (Phi) is 6.23. The van der Waals surface area contributed by atoms with E-state index in [1.54, 1.807) is 0 Å². The van der Waals surface area contributed by atoms with E-state index in [1.165, 1.54) is 33.0 Å². The number of benzene rings is 7. The first-order chi connectivity index (χ1) is 26.0. The van der Waals surface area contributed by atoms with Crippen LogP contribution in [0.25, 0.3) is 94.7 Å². The summed E-state index contributed by atoms with van der Waals surface area (Å²) in [7, 11) is 0. The average molecular weight is 681 g/mol. The lowest BCUT2D eigenvalue weighted by Gasteiger charge is -2.22. The van der Waals surface area contributed by atoms with Crippen LogP contribution in [0.3, 0.4) is 0 Å². The van der Waals surface area contributed by atoms with Crippen molar-refractivity contribution in [1.29, 1.82) is 0 Å². The Morgan fingerprint density at radius 1 is 0.472 bits per heavy atom. The monoisotopic (exact) mass is 680 g/mol. The van der Waals surface area contributed by atoms with Crippen molar-refractivity contribution in [2.75, 3.05) is 0 Å². The summed E-state index contributed by atoms with van der Waals surface area (Å²) in [6, 6.07) is 55.3. The molecule has 10 aromatic rings. The standard InChI is InChI=1S/C48H32N4O/c1-48(2)38-19-11-9-17-33(38)34-23-22-32(28-39(34)48)52-40-20-12-10-18-35(40)36-24-26-42-43(44(36)52)37-27-31(21-25-41(37)53-42)47-50-45(29-13-5-3-6-14-29)49-46(51-47)30-15-7-4-8-16-30/h3-28H,1-2H3. The first-order valence-electron chi connectivity index (χ1n) is 18.0. The van der Waals surface area contributed by atoms with Gasteiger partial charge in [-0.3, -0.25) is 0 Å². The van der Waals surface area contributed by atoms with Gasteiger partial charge in [-0.1, -0.05) is 123 Å². The van der Waals surface area contributed by atoms with Crippen LogP contribution in [-0.2, 0) is 5.41 Å². The molecule has 0 saturated heterocycles. The maximum Gasteiger partial charge on any atom is 0.164 e. The highest BCUT2D eigenvalue weighted by Crippen LogP contribution is 2.50. The van der Waals surface area contributed by atoms with Crippen molar-refractivity contribution in [2.24, 2.45) is 0 Å². The SMILES string of the molecule is CC1(C)c2ccccc2-c2ccc(-n3c4ccccc4c4ccc5oc6ccc(-c7nc(-c8ccccc8)nc(-c8ccccc8)n7)cc6c5c43)cc21. The summed E-state index contributed by atoms with van der Waals surface area (Å²) in [6.45, 7) is 4.68. The molecule has 3 heterocycles. The van der Waals surface area contributed by atoms with Gasteiger partial charge in [0.15, 0.2) is 17.5 Å². The quantitative estimate of drug-likeness (QED) is 0.186. The van der Waals surface area contributed by atoms with Gasteiger partial charge in [-0.25, -0.2) is 15.0 Å². The molecule has 3 aromatic heterocycles. The molecular weight excluding hydrogens is 649 g/mol. The Hall–Kier alpha value is -6.85. The van der Waals surface area contributed by atoms with Crippen molar-refractivity contribution in [3.05, 3.63) is 169 Å². The van der Waals surface area contributed by atoms with E-state index in [9.17, 15) is 0 Å². The Balaban J connectivity index is 1.17. The minimum atomic E-state index is -0.116. The van der Waals surface area contributed by atoms with Gasteiger partial charge >= 0.3 is 0 Å². The van der Waals surface area contributed by atoms with Crippen molar-refractivity contribution in [3.63, 3.8) is 0 Å². The number of para-hydroxylation sites is 1. The second-order valence-corrected chi connectivity index (χ2v) is 14.4. The van der Waals surface area contributed by atoms with E-state index >= 15 is 0 Å². The molecule has 0 aliphatic heterocycles. The molecule has 0 unspecified atom stereocenters. The maximum absolute atomic E-state index is 6.61. The lowest BCUT2D eigenvalue weighted by Crippen LogP contribution is -2.15. The zero-order valence-electron chi connectivity index (χ0n) is 29.2. The zero-order valence-corrected chi connectivity index (χ0v) is 29.2. The summed E-state index contributed by atoms with van der Waals surface area (Å²) < 4.78 is 9.04. The van der Waals surface area contributed by atoms with Gasteiger partial charge in [0.2, 0.25) is 0 Å². The van der Waals surface area contributed by atoms with E-state index in [-0.39, 0.29) is 5.41 Å². The normalized spacial score (nSPS) is 13.2. The Labute approximate surface area is 305 Å². The molecular formula is C48H32N4O. The molecule has 53 heavy (non-hydrogen) atoms. The minimum Gasteiger partial charge on any atom is -0.456 e. The first kappa shape index (κ1) is 29.8. The molecule has 0 amide bonds. The van der Waals surface area contributed by atoms with E-state index in [2.05, 4.69) is 109 Å². The van der Waals surface area contributed by atoms with E-state index in [4.69, 9.17) is 19.4 Å². The van der Waals surface area contributed by atoms with Gasteiger partial charge in [0, 0.05) is 44.0 Å². The smallest absolute Gasteiger partial charge is 0.164 e. The molecule has 5 heteroatoms. The summed E-state index contributed by atoms with van der Waals surface area (Å²) >= 11 is 0. The van der Waals surface area contributed by atoms with Gasteiger partial charge in [0.25, 0.3) is 0 Å². The van der Waals surface area contributed by atoms with Crippen molar-refractivity contribution in [1.82, 2.24) is 19.5 Å². The summed E-state index contributed by atoms with van der Waals surface area (Å²) in [5.74, 6) is 1.88. The molecule has 7 aromatic carbocycles. The van der Waals surface area contributed by atoms with Gasteiger partial charge in [0.05, 0.1) is 16.4 Å². The van der Waals surface area contributed by atoms with Crippen LogP contribution in [0.2, 0.25) is 0 Å². The Morgan fingerprint density at radius 3 is 1.85 bits per heavy atom. The van der Waals surface area contributed by atoms with Crippen LogP contribution in [0.4, 0.5) is 0 Å². The maximum atomic E-state index is 6.61. The molecule has 11 rings (SSSR count). The minimum absolute atomic E-state index is 0.116. The third-order valence-electron chi connectivity index (χ3n) is 11.1. The molecule has 0 N–H and O–H groups in total. The van der Waals surface area contributed by atoms with E-state index in [0.29, 0.717) is 17.5 Å². The van der Waals surface area contributed by atoms with Crippen LogP contribution in [-0.4, -0.2) is 19.5 Å². The van der Waals surface area contributed by atoms with Crippen molar-refractivity contribution >= 4 is 43.7 Å². The molecule has 0 radical (unpaired) electrons. The molecule has 5 nitrogen and oxygen atoms in total. The van der Waals surface area contributed by atoms with Crippen LogP contribution in [0.1, 0.15) is 25.0 Å². The number of hydrogen-bond donors (Lipinski definition) is 0. The molecule has 0 fully saturated rings. The molecule has 1 aliphatic carbocycles.